The van der Waals surface area contributed by atoms with E-state index in [0.717, 1.165) is 11.1 Å². The third-order valence-corrected chi connectivity index (χ3v) is 4.87. The van der Waals surface area contributed by atoms with Crippen LogP contribution in [0.5, 0.6) is 0 Å². The van der Waals surface area contributed by atoms with Crippen LogP contribution in [0.25, 0.3) is 6.08 Å². The summed E-state index contributed by atoms with van der Waals surface area (Å²) in [6, 6.07) is 17.5. The molecule has 1 aliphatic rings. The van der Waals surface area contributed by atoms with Crippen LogP contribution in [0.1, 0.15) is 31.9 Å². The molecule has 1 heterocycles. The van der Waals surface area contributed by atoms with Crippen molar-refractivity contribution in [1.82, 2.24) is 10.6 Å². The molecule has 0 radical (unpaired) electrons. The molecule has 7 nitrogen and oxygen atoms in total. The second-order valence-corrected chi connectivity index (χ2v) is 8.80. The molecule has 3 rings (SSSR count). The molecule has 0 saturated carbocycles. The van der Waals surface area contributed by atoms with E-state index in [-0.39, 0.29) is 6.42 Å². The van der Waals surface area contributed by atoms with E-state index in [1.165, 1.54) is 0 Å². The number of hydrogen-bond donors (Lipinski definition) is 3. The lowest BCUT2D eigenvalue weighted by Crippen LogP contribution is -2.44. The predicted octanol–water partition coefficient (Wildman–Crippen LogP) is 3.72. The quantitative estimate of drug-likeness (QED) is 0.560. The van der Waals surface area contributed by atoms with Crippen molar-refractivity contribution in [2.45, 2.75) is 44.9 Å². The van der Waals surface area contributed by atoms with Crippen molar-refractivity contribution < 1.29 is 24.2 Å². The van der Waals surface area contributed by atoms with Gasteiger partial charge in [-0.3, -0.25) is 9.59 Å². The van der Waals surface area contributed by atoms with Crippen molar-refractivity contribution in [3.05, 3.63) is 89.2 Å². The second kappa shape index (κ2) is 10.2. The average Bonchev–Trinajstić information content (AvgIpc) is 3.04. The van der Waals surface area contributed by atoms with Crippen LogP contribution in [0.2, 0.25) is 0 Å². The molecule has 3 N–H and O–H groups in total. The minimum Gasteiger partial charge on any atom is -0.509 e. The van der Waals surface area contributed by atoms with Gasteiger partial charge in [-0.2, -0.15) is 0 Å². The lowest BCUT2D eigenvalue weighted by atomic mass is 9.98. The van der Waals surface area contributed by atoms with Gasteiger partial charge in [-0.05, 0) is 31.9 Å². The summed E-state index contributed by atoms with van der Waals surface area (Å²) in [4.78, 5) is 38.3. The molecule has 2 aromatic carbocycles. The first-order chi connectivity index (χ1) is 15.6. The SMILES string of the molecule is CC(C)(C)NC(=O)OC(Cc1ccccc1)C(=O)C1=C(O)C(C=Cc2ccccc2)NC1=O. The maximum atomic E-state index is 13.3. The molecule has 0 saturated heterocycles. The number of aliphatic hydroxyl groups is 1. The number of nitrogens with one attached hydrogen (secondary N) is 2. The fourth-order valence-electron chi connectivity index (χ4n) is 3.34. The summed E-state index contributed by atoms with van der Waals surface area (Å²) in [6.45, 7) is 5.35. The number of benzene rings is 2. The van der Waals surface area contributed by atoms with E-state index in [1.807, 2.05) is 36.4 Å². The Morgan fingerprint density at radius 2 is 1.70 bits per heavy atom. The number of aliphatic hydroxyl groups excluding tert-OH is 1. The molecule has 33 heavy (non-hydrogen) atoms. The predicted molar refractivity (Wildman–Crippen MR) is 125 cm³/mol. The number of carbonyl (C=O) groups is 3. The molecule has 2 unspecified atom stereocenters. The van der Waals surface area contributed by atoms with Crippen LogP contribution in [0.4, 0.5) is 4.79 Å². The zero-order valence-electron chi connectivity index (χ0n) is 18.9. The van der Waals surface area contributed by atoms with Crippen LogP contribution < -0.4 is 10.6 Å². The first-order valence-electron chi connectivity index (χ1n) is 10.7. The molecule has 1 aliphatic heterocycles. The van der Waals surface area contributed by atoms with E-state index < -0.39 is 46.8 Å². The van der Waals surface area contributed by atoms with Crippen LogP contribution in [0.15, 0.2) is 78.1 Å². The Hall–Kier alpha value is -3.87. The number of alkyl carbamates (subject to hydrolysis) is 1. The minimum atomic E-state index is -1.28. The summed E-state index contributed by atoms with van der Waals surface area (Å²) >= 11 is 0. The number of Topliss-reactive ketones (excluding diaryl/α,β-unsaturated/α-hetero) is 1. The van der Waals surface area contributed by atoms with Crippen molar-refractivity contribution >= 4 is 23.9 Å². The van der Waals surface area contributed by atoms with E-state index in [1.54, 1.807) is 57.2 Å². The summed E-state index contributed by atoms with van der Waals surface area (Å²) in [6.07, 6.45) is 1.34. The van der Waals surface area contributed by atoms with Gasteiger partial charge in [-0.1, -0.05) is 72.8 Å². The Kier molecular flexibility index (Phi) is 7.33. The summed E-state index contributed by atoms with van der Waals surface area (Å²) < 4.78 is 5.42. The molecule has 0 aliphatic carbocycles. The normalized spacial score (nSPS) is 17.1. The van der Waals surface area contributed by atoms with Crippen LogP contribution in [0.3, 0.4) is 0 Å². The molecular weight excluding hydrogens is 420 g/mol. The van der Waals surface area contributed by atoms with Gasteiger partial charge in [0.25, 0.3) is 5.91 Å². The van der Waals surface area contributed by atoms with Gasteiger partial charge < -0.3 is 20.5 Å². The minimum absolute atomic E-state index is 0.0613. The maximum absolute atomic E-state index is 13.3. The highest BCUT2D eigenvalue weighted by Gasteiger charge is 2.39. The Labute approximate surface area is 193 Å². The van der Waals surface area contributed by atoms with E-state index in [4.69, 9.17) is 4.74 Å². The Bertz CT molecular complexity index is 1070. The van der Waals surface area contributed by atoms with Gasteiger partial charge in [0, 0.05) is 12.0 Å². The molecule has 2 aromatic rings. The number of ketones is 1. The van der Waals surface area contributed by atoms with Gasteiger partial charge in [0.1, 0.15) is 17.4 Å². The number of rotatable bonds is 7. The first kappa shape index (κ1) is 23.8. The summed E-state index contributed by atoms with van der Waals surface area (Å²) in [5, 5.41) is 15.9. The van der Waals surface area contributed by atoms with Crippen LogP contribution in [0, 0.1) is 0 Å². The third kappa shape index (κ3) is 6.55. The fraction of sp³-hybridized carbons (Fsp3) is 0.269. The van der Waals surface area contributed by atoms with Crippen LogP contribution in [-0.4, -0.2) is 40.6 Å². The molecular formula is C26H28N2O5. The summed E-state index contributed by atoms with van der Waals surface area (Å²) in [5.74, 6) is -1.86. The van der Waals surface area contributed by atoms with Crippen LogP contribution in [-0.2, 0) is 20.7 Å². The fourth-order valence-corrected chi connectivity index (χ4v) is 3.34. The molecule has 0 bridgehead atoms. The summed E-state index contributed by atoms with van der Waals surface area (Å²) in [5.41, 5.74) is 0.653. The molecule has 172 valence electrons. The zero-order valence-corrected chi connectivity index (χ0v) is 18.9. The smallest absolute Gasteiger partial charge is 0.408 e. The Morgan fingerprint density at radius 1 is 1.09 bits per heavy atom. The summed E-state index contributed by atoms with van der Waals surface area (Å²) in [7, 11) is 0. The monoisotopic (exact) mass is 448 g/mol. The van der Waals surface area contributed by atoms with Crippen molar-refractivity contribution in [1.29, 1.82) is 0 Å². The highest BCUT2D eigenvalue weighted by molar-refractivity contribution is 6.23. The van der Waals surface area contributed by atoms with E-state index in [2.05, 4.69) is 10.6 Å². The van der Waals surface area contributed by atoms with Crippen molar-refractivity contribution in [2.24, 2.45) is 0 Å². The van der Waals surface area contributed by atoms with Gasteiger partial charge >= 0.3 is 6.09 Å². The average molecular weight is 449 g/mol. The zero-order chi connectivity index (χ0) is 24.0. The molecule has 7 heteroatoms. The first-order valence-corrected chi connectivity index (χ1v) is 10.7. The molecule has 2 amide bonds. The number of ether oxygens (including phenoxy) is 1. The van der Waals surface area contributed by atoms with E-state index in [0.29, 0.717) is 0 Å². The van der Waals surface area contributed by atoms with Crippen molar-refractivity contribution in [2.75, 3.05) is 0 Å². The van der Waals surface area contributed by atoms with E-state index >= 15 is 0 Å². The largest absolute Gasteiger partial charge is 0.509 e. The lowest BCUT2D eigenvalue weighted by molar-refractivity contribution is -0.127. The Morgan fingerprint density at radius 3 is 2.30 bits per heavy atom. The number of carbonyl (C=O) groups excluding carboxylic acids is 3. The molecule has 2 atom stereocenters. The standard InChI is InChI=1S/C26H28N2O5/c1-26(2,3)28-25(32)33-20(16-18-12-8-5-9-13-18)23(30)21-22(29)19(27-24(21)31)15-14-17-10-6-4-7-11-17/h4-15,19-20,29H,16H2,1-3H3,(H,27,31)(H,28,32). The van der Waals surface area contributed by atoms with Gasteiger partial charge in [0.2, 0.25) is 5.78 Å². The topological polar surface area (TPSA) is 105 Å². The highest BCUT2D eigenvalue weighted by Crippen LogP contribution is 2.22. The third-order valence-electron chi connectivity index (χ3n) is 4.87. The van der Waals surface area contributed by atoms with Gasteiger partial charge in [-0.15, -0.1) is 0 Å². The van der Waals surface area contributed by atoms with Crippen molar-refractivity contribution in [3.8, 4) is 0 Å². The Balaban J connectivity index is 1.84. The molecule has 0 fully saturated rings. The maximum Gasteiger partial charge on any atom is 0.408 e. The highest BCUT2D eigenvalue weighted by atomic mass is 16.6. The van der Waals surface area contributed by atoms with Gasteiger partial charge in [0.05, 0.1) is 0 Å². The van der Waals surface area contributed by atoms with Gasteiger partial charge in [-0.25, -0.2) is 4.79 Å². The van der Waals surface area contributed by atoms with Crippen molar-refractivity contribution in [3.63, 3.8) is 0 Å². The van der Waals surface area contributed by atoms with Crippen LogP contribution >= 0.6 is 0 Å². The lowest BCUT2D eigenvalue weighted by Gasteiger charge is -2.23. The second-order valence-electron chi connectivity index (χ2n) is 8.80. The number of hydrogen-bond acceptors (Lipinski definition) is 5. The molecule has 0 spiro atoms. The van der Waals surface area contributed by atoms with Gasteiger partial charge in [0.15, 0.2) is 6.10 Å². The molecule has 0 aromatic heterocycles. The van der Waals surface area contributed by atoms with E-state index in [9.17, 15) is 19.5 Å². The number of amides is 2.